The molecule has 1 aromatic rings. The number of carbonyl (C=O) groups excluding carboxylic acids is 2. The molecule has 0 aliphatic carbocycles. The fraction of sp³-hybridized carbons (Fsp3) is 0.412. The molecule has 2 amide bonds. The zero-order valence-electron chi connectivity index (χ0n) is 13.4. The molecule has 2 rings (SSSR count). The highest BCUT2D eigenvalue weighted by molar-refractivity contribution is 6.42. The van der Waals surface area contributed by atoms with E-state index in [1.807, 2.05) is 0 Å². The van der Waals surface area contributed by atoms with E-state index in [9.17, 15) is 9.59 Å². The summed E-state index contributed by atoms with van der Waals surface area (Å²) in [6.45, 7) is 3.32. The second-order valence-corrected chi connectivity index (χ2v) is 6.29. The van der Waals surface area contributed by atoms with Crippen molar-refractivity contribution in [1.29, 1.82) is 0 Å². The Kier molecular flexibility index (Phi) is 6.94. The van der Waals surface area contributed by atoms with Crippen molar-refractivity contribution < 1.29 is 14.3 Å². The summed E-state index contributed by atoms with van der Waals surface area (Å²) in [7, 11) is 0. The number of carbonyl (C=O) groups is 2. The first-order valence-electron chi connectivity index (χ1n) is 7.85. The monoisotopic (exact) mass is 370 g/mol. The lowest BCUT2D eigenvalue weighted by Crippen LogP contribution is -2.46. The van der Waals surface area contributed by atoms with E-state index in [-0.39, 0.29) is 18.0 Å². The normalized spacial score (nSPS) is 15.5. The van der Waals surface area contributed by atoms with Crippen LogP contribution in [-0.2, 0) is 9.53 Å². The maximum absolute atomic E-state index is 12.0. The number of ether oxygens (including phenoxy) is 1. The number of halogens is 2. The van der Waals surface area contributed by atoms with Crippen molar-refractivity contribution >= 4 is 41.3 Å². The van der Waals surface area contributed by atoms with E-state index in [1.165, 1.54) is 6.08 Å². The Morgan fingerprint density at radius 1 is 1.29 bits per heavy atom. The van der Waals surface area contributed by atoms with Crippen LogP contribution in [0.1, 0.15) is 25.3 Å². The maximum atomic E-state index is 12.0. The molecular weight excluding hydrogens is 351 g/mol. The molecule has 130 valence electrons. The summed E-state index contributed by atoms with van der Waals surface area (Å²) < 4.78 is 4.97. The highest BCUT2D eigenvalue weighted by Crippen LogP contribution is 2.23. The van der Waals surface area contributed by atoms with E-state index in [0.29, 0.717) is 42.6 Å². The van der Waals surface area contributed by atoms with E-state index < -0.39 is 0 Å². The second kappa shape index (κ2) is 8.94. The summed E-state index contributed by atoms with van der Waals surface area (Å²) in [5.41, 5.74) is 0.802. The quantitative estimate of drug-likeness (QED) is 0.821. The average molecular weight is 371 g/mol. The Hall–Kier alpha value is -1.72. The van der Waals surface area contributed by atoms with E-state index in [4.69, 9.17) is 27.9 Å². The number of rotatable bonds is 4. The van der Waals surface area contributed by atoms with Gasteiger partial charge in [-0.15, -0.1) is 0 Å². The van der Waals surface area contributed by atoms with Crippen LogP contribution in [0.5, 0.6) is 0 Å². The lowest BCUT2D eigenvalue weighted by Gasteiger charge is -2.31. The number of amides is 2. The van der Waals surface area contributed by atoms with Crippen LogP contribution in [0.15, 0.2) is 24.3 Å². The standard InChI is InChI=1S/C17H20Cl2N2O3/c1-2-24-17(23)21-9-7-13(8-10-21)20-16(22)6-4-12-3-5-14(18)15(19)11-12/h3-6,11,13H,2,7-10H2,1H3,(H,20,22)/b6-4+. The summed E-state index contributed by atoms with van der Waals surface area (Å²) in [4.78, 5) is 25.3. The van der Waals surface area contributed by atoms with Crippen molar-refractivity contribution in [3.8, 4) is 0 Å². The first-order chi connectivity index (χ1) is 11.5. The van der Waals surface area contributed by atoms with Gasteiger partial charge in [0, 0.05) is 25.2 Å². The van der Waals surface area contributed by atoms with Gasteiger partial charge < -0.3 is 15.0 Å². The number of likely N-dealkylation sites (tertiary alicyclic amines) is 1. The molecule has 0 atom stereocenters. The molecule has 1 saturated heterocycles. The molecule has 24 heavy (non-hydrogen) atoms. The van der Waals surface area contributed by atoms with Crippen LogP contribution in [-0.4, -0.2) is 42.6 Å². The third-order valence-electron chi connectivity index (χ3n) is 3.74. The Morgan fingerprint density at radius 2 is 2.00 bits per heavy atom. The number of benzene rings is 1. The fourth-order valence-corrected chi connectivity index (χ4v) is 2.76. The molecule has 0 unspecified atom stereocenters. The first kappa shape index (κ1) is 18.6. The zero-order valence-corrected chi connectivity index (χ0v) is 14.9. The number of nitrogens with one attached hydrogen (secondary N) is 1. The van der Waals surface area contributed by atoms with Gasteiger partial charge in [0.1, 0.15) is 0 Å². The molecular formula is C17H20Cl2N2O3. The van der Waals surface area contributed by atoms with Crippen LogP contribution < -0.4 is 5.32 Å². The molecule has 0 bridgehead atoms. The number of nitrogens with zero attached hydrogens (tertiary/aromatic N) is 1. The Morgan fingerprint density at radius 3 is 2.62 bits per heavy atom. The molecule has 5 nitrogen and oxygen atoms in total. The van der Waals surface area contributed by atoms with Crippen LogP contribution >= 0.6 is 23.2 Å². The minimum atomic E-state index is -0.290. The summed E-state index contributed by atoms with van der Waals surface area (Å²) >= 11 is 11.8. The molecule has 0 saturated carbocycles. The predicted octanol–water partition coefficient (Wildman–Crippen LogP) is 3.74. The van der Waals surface area contributed by atoms with Crippen LogP contribution in [0.3, 0.4) is 0 Å². The summed E-state index contributed by atoms with van der Waals surface area (Å²) in [5.74, 6) is -0.171. The van der Waals surface area contributed by atoms with Crippen LogP contribution in [0.4, 0.5) is 4.79 Å². The lowest BCUT2D eigenvalue weighted by atomic mass is 10.1. The minimum Gasteiger partial charge on any atom is -0.450 e. The second-order valence-electron chi connectivity index (χ2n) is 5.48. The molecule has 0 radical (unpaired) electrons. The Balaban J connectivity index is 1.80. The van der Waals surface area contributed by atoms with Gasteiger partial charge in [-0.2, -0.15) is 0 Å². The lowest BCUT2D eigenvalue weighted by molar-refractivity contribution is -0.117. The van der Waals surface area contributed by atoms with E-state index in [1.54, 1.807) is 36.1 Å². The summed E-state index contributed by atoms with van der Waals surface area (Å²) in [6, 6.07) is 5.23. The third kappa shape index (κ3) is 5.42. The van der Waals surface area contributed by atoms with Gasteiger partial charge in [0.15, 0.2) is 0 Å². The Bertz CT molecular complexity index is 626. The highest BCUT2D eigenvalue weighted by atomic mass is 35.5. The van der Waals surface area contributed by atoms with Gasteiger partial charge in [-0.05, 0) is 43.5 Å². The zero-order chi connectivity index (χ0) is 17.5. The van der Waals surface area contributed by atoms with Crippen LogP contribution in [0, 0.1) is 0 Å². The van der Waals surface area contributed by atoms with Gasteiger partial charge >= 0.3 is 6.09 Å². The van der Waals surface area contributed by atoms with Crippen molar-refractivity contribution in [3.05, 3.63) is 39.9 Å². The van der Waals surface area contributed by atoms with Gasteiger partial charge in [0.2, 0.25) is 5.91 Å². The highest BCUT2D eigenvalue weighted by Gasteiger charge is 2.23. The van der Waals surface area contributed by atoms with Gasteiger partial charge in [0.25, 0.3) is 0 Å². The molecule has 1 aromatic carbocycles. The topological polar surface area (TPSA) is 58.6 Å². The van der Waals surface area contributed by atoms with Crippen molar-refractivity contribution in [2.75, 3.05) is 19.7 Å². The number of hydrogen-bond donors (Lipinski definition) is 1. The molecule has 0 spiro atoms. The van der Waals surface area contributed by atoms with Crippen LogP contribution in [0.2, 0.25) is 10.0 Å². The minimum absolute atomic E-state index is 0.0571. The van der Waals surface area contributed by atoms with E-state index >= 15 is 0 Å². The van der Waals surface area contributed by atoms with Gasteiger partial charge in [0.05, 0.1) is 16.7 Å². The van der Waals surface area contributed by atoms with Gasteiger partial charge in [-0.1, -0.05) is 29.3 Å². The first-order valence-corrected chi connectivity index (χ1v) is 8.60. The smallest absolute Gasteiger partial charge is 0.409 e. The largest absolute Gasteiger partial charge is 0.450 e. The van der Waals surface area contributed by atoms with Crippen LogP contribution in [0.25, 0.3) is 6.08 Å². The molecule has 1 heterocycles. The van der Waals surface area contributed by atoms with Gasteiger partial charge in [-0.25, -0.2) is 4.79 Å². The number of piperidine rings is 1. The summed E-state index contributed by atoms with van der Waals surface area (Å²) in [6.07, 6.45) is 4.29. The van der Waals surface area contributed by atoms with Crippen molar-refractivity contribution in [1.82, 2.24) is 10.2 Å². The molecule has 7 heteroatoms. The molecule has 1 N–H and O–H groups in total. The molecule has 1 aliphatic heterocycles. The SMILES string of the molecule is CCOC(=O)N1CCC(NC(=O)/C=C/c2ccc(Cl)c(Cl)c2)CC1. The molecule has 1 fully saturated rings. The van der Waals surface area contributed by atoms with E-state index in [0.717, 1.165) is 5.56 Å². The van der Waals surface area contributed by atoms with Crippen molar-refractivity contribution in [2.24, 2.45) is 0 Å². The fourth-order valence-electron chi connectivity index (χ4n) is 2.46. The average Bonchev–Trinajstić information content (AvgIpc) is 2.57. The Labute approximate surface area is 151 Å². The maximum Gasteiger partial charge on any atom is 0.409 e. The molecule has 1 aliphatic rings. The number of hydrogen-bond acceptors (Lipinski definition) is 3. The third-order valence-corrected chi connectivity index (χ3v) is 4.48. The van der Waals surface area contributed by atoms with Gasteiger partial charge in [-0.3, -0.25) is 4.79 Å². The van der Waals surface area contributed by atoms with Crippen molar-refractivity contribution in [3.63, 3.8) is 0 Å². The van der Waals surface area contributed by atoms with E-state index in [2.05, 4.69) is 5.32 Å². The summed E-state index contributed by atoms with van der Waals surface area (Å²) in [5, 5.41) is 3.87. The van der Waals surface area contributed by atoms with Crippen molar-refractivity contribution in [2.45, 2.75) is 25.8 Å². The molecule has 0 aromatic heterocycles. The predicted molar refractivity (Wildman–Crippen MR) is 95.3 cm³/mol.